The molecule has 1 heterocycles. The lowest BCUT2D eigenvalue weighted by molar-refractivity contribution is -0.148. The molecule has 3 aliphatic rings. The molecule has 3 aliphatic carbocycles. The van der Waals surface area contributed by atoms with Crippen LogP contribution in [-0.2, 0) is 32.6 Å². The van der Waals surface area contributed by atoms with Crippen molar-refractivity contribution < 1.29 is 47.8 Å². The number of primary amides is 1. The number of rotatable bonds is 6. The summed E-state index contributed by atoms with van der Waals surface area (Å²) in [6.45, 7) is 2.67. The zero-order chi connectivity index (χ0) is 31.0. The maximum Gasteiger partial charge on any atom is 0.255 e. The minimum absolute atomic E-state index is 0.0192. The topological polar surface area (TPSA) is 234 Å². The average Bonchev–Trinajstić information content (AvgIpc) is 3.23. The minimum atomic E-state index is -4.07. The molecular weight excluding hydrogens is 572 g/mol. The van der Waals surface area contributed by atoms with Crippen molar-refractivity contribution in [3.8, 4) is 5.75 Å². The van der Waals surface area contributed by atoms with Crippen molar-refractivity contribution in [3.63, 3.8) is 0 Å². The van der Waals surface area contributed by atoms with Crippen molar-refractivity contribution >= 4 is 27.5 Å². The summed E-state index contributed by atoms with van der Waals surface area (Å²) >= 11 is 0. The van der Waals surface area contributed by atoms with Crippen LogP contribution in [0.2, 0.25) is 0 Å². The molecule has 0 bridgehead atoms. The predicted octanol–water partition coefficient (Wildman–Crippen LogP) is 0.204. The fraction of sp³-hybridized carbons (Fsp3) is 0.407. The molecule has 15 heteroatoms. The first-order valence-electron chi connectivity index (χ1n) is 12.9. The number of phenols is 1. The van der Waals surface area contributed by atoms with E-state index in [1.165, 1.54) is 45.0 Å². The molecule has 4 atom stereocenters. The molecular formula is C27H30N4O10S. The fourth-order valence-electron chi connectivity index (χ4n) is 6.58. The summed E-state index contributed by atoms with van der Waals surface area (Å²) in [6.07, 6.45) is -0.0724. The molecule has 0 fully saturated rings. The Labute approximate surface area is 240 Å². The van der Waals surface area contributed by atoms with Crippen LogP contribution in [0.3, 0.4) is 0 Å². The molecule has 42 heavy (non-hydrogen) atoms. The smallest absolute Gasteiger partial charge is 0.255 e. The number of carbonyl (C=O) groups is 3. The van der Waals surface area contributed by atoms with Crippen molar-refractivity contribution in [1.29, 1.82) is 0 Å². The largest absolute Gasteiger partial charge is 0.510 e. The highest BCUT2D eigenvalue weighted by Gasteiger charge is 2.63. The molecule has 0 spiro atoms. The number of ketones is 2. The van der Waals surface area contributed by atoms with Crippen molar-refractivity contribution in [2.45, 2.75) is 49.8 Å². The van der Waals surface area contributed by atoms with Crippen LogP contribution in [0.15, 0.2) is 44.2 Å². The molecule has 0 radical (unpaired) electrons. The van der Waals surface area contributed by atoms with E-state index in [-0.39, 0.29) is 46.9 Å². The number of nitrogens with one attached hydrogen (secondary N) is 1. The first-order chi connectivity index (χ1) is 19.5. The van der Waals surface area contributed by atoms with Crippen molar-refractivity contribution in [1.82, 2.24) is 14.8 Å². The van der Waals surface area contributed by atoms with Gasteiger partial charge in [0.25, 0.3) is 5.91 Å². The standard InChI is InChI=1S/C27H30N4O10S/c1-10-23(11(2)41-30-10)42(39,40)29-9-12-5-6-16(32)18-14(12)7-13-8-15-20(31(3)4)22(34)19(26(28)37)25(36)27(15,38)24(35)17(13)21(18)33/h5-6,13,15,20,29,32,34-35,38H,7-9H2,1-4H3,(H2,28,37)/t13-,15-,20-,27+/m1/s1. The number of aromatic nitrogens is 1. The predicted molar refractivity (Wildman–Crippen MR) is 144 cm³/mol. The third kappa shape index (κ3) is 4.06. The molecule has 1 amide bonds. The lowest BCUT2D eigenvalue weighted by atomic mass is 9.58. The number of hydrogen-bond acceptors (Lipinski definition) is 12. The minimum Gasteiger partial charge on any atom is -0.510 e. The van der Waals surface area contributed by atoms with E-state index < -0.39 is 73.8 Å². The summed E-state index contributed by atoms with van der Waals surface area (Å²) in [5.74, 6) is -7.48. The van der Waals surface area contributed by atoms with E-state index in [1.807, 2.05) is 0 Å². The second-order valence-corrected chi connectivity index (χ2v) is 12.7. The van der Waals surface area contributed by atoms with Gasteiger partial charge in [0.1, 0.15) is 33.4 Å². The number of amides is 1. The Morgan fingerprint density at radius 3 is 2.45 bits per heavy atom. The van der Waals surface area contributed by atoms with Gasteiger partial charge in [-0.3, -0.25) is 19.3 Å². The maximum absolute atomic E-state index is 13.8. The SMILES string of the molecule is Cc1noc(C)c1S(=O)(=O)NCc1ccc(O)c2c1C[C@@H]1C[C@@H]3[C@@H](N(C)C)C(O)=C(C(N)=O)C(=O)[C@@]3(O)C(O)=C1C2=O. The summed E-state index contributed by atoms with van der Waals surface area (Å²) in [5, 5.41) is 48.2. The number of fused-ring (bicyclic) bond motifs is 3. The molecule has 2 aromatic rings. The third-order valence-corrected chi connectivity index (χ3v) is 10.0. The normalized spacial score (nSPS) is 25.9. The van der Waals surface area contributed by atoms with E-state index in [4.69, 9.17) is 10.3 Å². The molecule has 1 aromatic heterocycles. The zero-order valence-corrected chi connectivity index (χ0v) is 23.9. The van der Waals surface area contributed by atoms with Gasteiger partial charge in [-0.1, -0.05) is 11.2 Å². The van der Waals surface area contributed by atoms with E-state index in [1.54, 1.807) is 0 Å². The number of likely N-dealkylation sites (N-methyl/N-ethyl adjacent to an activating group) is 1. The molecule has 224 valence electrons. The van der Waals surface area contributed by atoms with Crippen LogP contribution in [-0.4, -0.2) is 82.1 Å². The molecule has 0 saturated carbocycles. The fourth-order valence-corrected chi connectivity index (χ4v) is 7.92. The maximum atomic E-state index is 13.8. The zero-order valence-electron chi connectivity index (χ0n) is 23.1. The van der Waals surface area contributed by atoms with Crippen LogP contribution in [0.25, 0.3) is 0 Å². The van der Waals surface area contributed by atoms with E-state index in [9.17, 15) is 43.2 Å². The summed E-state index contributed by atoms with van der Waals surface area (Å²) in [6, 6.07) is 1.54. The Kier molecular flexibility index (Phi) is 6.84. The van der Waals surface area contributed by atoms with Gasteiger partial charge in [0.05, 0.1) is 11.6 Å². The summed E-state index contributed by atoms with van der Waals surface area (Å²) < 4.78 is 33.5. The molecule has 0 aliphatic heterocycles. The number of aromatic hydroxyl groups is 1. The van der Waals surface area contributed by atoms with Gasteiger partial charge in [-0.15, -0.1) is 0 Å². The Morgan fingerprint density at radius 1 is 1.21 bits per heavy atom. The van der Waals surface area contributed by atoms with Crippen LogP contribution in [0.5, 0.6) is 5.75 Å². The van der Waals surface area contributed by atoms with Crippen LogP contribution >= 0.6 is 0 Å². The summed E-state index contributed by atoms with van der Waals surface area (Å²) in [7, 11) is -1.00. The quantitative estimate of drug-likeness (QED) is 0.243. The number of aliphatic hydroxyl groups excluding tert-OH is 2. The summed E-state index contributed by atoms with van der Waals surface area (Å²) in [4.78, 5) is 40.6. The molecule has 7 N–H and O–H groups in total. The average molecular weight is 603 g/mol. The van der Waals surface area contributed by atoms with Gasteiger partial charge < -0.3 is 30.7 Å². The second-order valence-electron chi connectivity index (χ2n) is 11.0. The number of nitrogens with two attached hydrogens (primary N) is 1. The number of hydrogen-bond donors (Lipinski definition) is 6. The first kappa shape index (κ1) is 29.4. The van der Waals surface area contributed by atoms with Gasteiger partial charge in [0, 0.05) is 18.0 Å². The Hall–Kier alpha value is -4.05. The summed E-state index contributed by atoms with van der Waals surface area (Å²) in [5.41, 5.74) is 2.03. The Bertz CT molecular complexity index is 1720. The number of aryl methyl sites for hydroxylation is 2. The van der Waals surface area contributed by atoms with E-state index in [2.05, 4.69) is 9.88 Å². The number of allylic oxidation sites excluding steroid dienone is 1. The molecule has 0 saturated heterocycles. The highest BCUT2D eigenvalue weighted by atomic mass is 32.2. The number of aliphatic hydroxyl groups is 3. The van der Waals surface area contributed by atoms with Gasteiger partial charge in [0.2, 0.25) is 15.8 Å². The van der Waals surface area contributed by atoms with Crippen molar-refractivity contribution in [2.24, 2.45) is 17.6 Å². The van der Waals surface area contributed by atoms with E-state index >= 15 is 0 Å². The van der Waals surface area contributed by atoms with Gasteiger partial charge in [-0.05, 0) is 63.9 Å². The van der Waals surface area contributed by atoms with Gasteiger partial charge in [-0.25, -0.2) is 13.1 Å². The number of sulfonamides is 1. The monoisotopic (exact) mass is 602 g/mol. The number of Topliss-reactive ketones (excluding diaryl/α,β-unsaturated/α-hetero) is 2. The highest BCUT2D eigenvalue weighted by Crippen LogP contribution is 2.52. The number of nitrogens with zero attached hydrogens (tertiary/aromatic N) is 2. The molecule has 1 aromatic carbocycles. The molecule has 14 nitrogen and oxygen atoms in total. The third-order valence-electron chi connectivity index (χ3n) is 8.39. The highest BCUT2D eigenvalue weighted by molar-refractivity contribution is 7.89. The number of carbonyl (C=O) groups excluding carboxylic acids is 3. The van der Waals surface area contributed by atoms with Gasteiger partial charge >= 0.3 is 0 Å². The lowest BCUT2D eigenvalue weighted by Gasteiger charge is -2.50. The number of phenolic OH excluding ortho intramolecular Hbond substituents is 1. The first-order valence-corrected chi connectivity index (χ1v) is 14.4. The van der Waals surface area contributed by atoms with E-state index in [0.29, 0.717) is 11.1 Å². The van der Waals surface area contributed by atoms with Crippen LogP contribution in [0, 0.1) is 25.7 Å². The van der Waals surface area contributed by atoms with Crippen LogP contribution in [0.4, 0.5) is 0 Å². The molecule has 5 rings (SSSR count). The van der Waals surface area contributed by atoms with Gasteiger partial charge in [-0.2, -0.15) is 0 Å². The van der Waals surface area contributed by atoms with Crippen molar-refractivity contribution in [2.75, 3.05) is 14.1 Å². The van der Waals surface area contributed by atoms with E-state index in [0.717, 1.165) is 0 Å². The Balaban J connectivity index is 1.60. The van der Waals surface area contributed by atoms with Gasteiger partial charge in [0.15, 0.2) is 17.1 Å². The number of benzene rings is 1. The second kappa shape index (κ2) is 9.76. The molecule has 0 unspecified atom stereocenters. The van der Waals surface area contributed by atoms with Crippen LogP contribution in [0.1, 0.15) is 39.4 Å². The Morgan fingerprint density at radius 2 is 1.88 bits per heavy atom. The van der Waals surface area contributed by atoms with Crippen LogP contribution < -0.4 is 10.5 Å². The lowest BCUT2D eigenvalue weighted by Crippen LogP contribution is -2.63. The van der Waals surface area contributed by atoms with Crippen molar-refractivity contribution in [3.05, 3.63) is 62.9 Å².